The standard InChI is InChI=1S/C13H19NO2S/c1-10(7-11-4-6-17-9-11)14-5-2-3-12(8-14)13(15)16/h4,6,9-10,12H,2-3,5,7-8H2,1H3,(H,15,16). The summed E-state index contributed by atoms with van der Waals surface area (Å²) >= 11 is 1.72. The molecule has 1 aromatic heterocycles. The fourth-order valence-electron chi connectivity index (χ4n) is 2.49. The van der Waals surface area contributed by atoms with Crippen LogP contribution in [0.3, 0.4) is 0 Å². The number of likely N-dealkylation sites (tertiary alicyclic amines) is 1. The summed E-state index contributed by atoms with van der Waals surface area (Å²) in [5.74, 6) is -0.814. The first-order chi connectivity index (χ1) is 8.16. The summed E-state index contributed by atoms with van der Waals surface area (Å²) in [6.45, 7) is 3.94. The molecule has 1 aliphatic heterocycles. The van der Waals surface area contributed by atoms with Crippen LogP contribution in [0.4, 0.5) is 0 Å². The average Bonchev–Trinajstić information content (AvgIpc) is 2.82. The van der Waals surface area contributed by atoms with Gasteiger partial charge in [-0.1, -0.05) is 0 Å². The van der Waals surface area contributed by atoms with E-state index in [4.69, 9.17) is 5.11 Å². The third kappa shape index (κ3) is 3.30. The quantitative estimate of drug-likeness (QED) is 0.896. The Morgan fingerprint density at radius 3 is 3.18 bits per heavy atom. The van der Waals surface area contributed by atoms with Crippen molar-refractivity contribution < 1.29 is 9.90 Å². The largest absolute Gasteiger partial charge is 0.481 e. The van der Waals surface area contributed by atoms with Crippen molar-refractivity contribution in [3.63, 3.8) is 0 Å². The van der Waals surface area contributed by atoms with Gasteiger partial charge in [0.25, 0.3) is 0 Å². The molecule has 3 nitrogen and oxygen atoms in total. The fraction of sp³-hybridized carbons (Fsp3) is 0.615. The van der Waals surface area contributed by atoms with Gasteiger partial charge in [-0.3, -0.25) is 9.69 Å². The van der Waals surface area contributed by atoms with Crippen molar-refractivity contribution in [2.24, 2.45) is 5.92 Å². The van der Waals surface area contributed by atoms with Crippen molar-refractivity contribution in [1.82, 2.24) is 4.90 Å². The van der Waals surface area contributed by atoms with Gasteiger partial charge in [0.15, 0.2) is 0 Å². The van der Waals surface area contributed by atoms with Gasteiger partial charge in [-0.2, -0.15) is 11.3 Å². The Morgan fingerprint density at radius 2 is 2.53 bits per heavy atom. The lowest BCUT2D eigenvalue weighted by atomic mass is 9.96. The van der Waals surface area contributed by atoms with Crippen LogP contribution in [0.5, 0.6) is 0 Å². The van der Waals surface area contributed by atoms with Crippen LogP contribution in [0.25, 0.3) is 0 Å². The van der Waals surface area contributed by atoms with E-state index in [0.717, 1.165) is 25.8 Å². The van der Waals surface area contributed by atoms with Crippen molar-refractivity contribution in [1.29, 1.82) is 0 Å². The minimum atomic E-state index is -0.641. The molecule has 0 spiro atoms. The minimum Gasteiger partial charge on any atom is -0.481 e. The van der Waals surface area contributed by atoms with Gasteiger partial charge >= 0.3 is 5.97 Å². The maximum atomic E-state index is 11.0. The van der Waals surface area contributed by atoms with Crippen LogP contribution in [0.15, 0.2) is 16.8 Å². The lowest BCUT2D eigenvalue weighted by molar-refractivity contribution is -0.143. The highest BCUT2D eigenvalue weighted by Gasteiger charge is 2.27. The fourth-order valence-corrected chi connectivity index (χ4v) is 3.17. The van der Waals surface area contributed by atoms with E-state index in [1.54, 1.807) is 11.3 Å². The van der Waals surface area contributed by atoms with Gasteiger partial charge in [-0.15, -0.1) is 0 Å². The van der Waals surface area contributed by atoms with Crippen LogP contribution in [0, 0.1) is 5.92 Å². The predicted octanol–water partition coefficient (Wildman–Crippen LogP) is 2.48. The summed E-state index contributed by atoms with van der Waals surface area (Å²) in [4.78, 5) is 13.3. The molecular weight excluding hydrogens is 234 g/mol. The zero-order valence-corrected chi connectivity index (χ0v) is 10.9. The third-order valence-electron chi connectivity index (χ3n) is 3.54. The molecule has 1 aromatic rings. The van der Waals surface area contributed by atoms with Gasteiger partial charge < -0.3 is 5.11 Å². The third-order valence-corrected chi connectivity index (χ3v) is 4.27. The molecule has 0 bridgehead atoms. The minimum absolute atomic E-state index is 0.173. The predicted molar refractivity (Wildman–Crippen MR) is 69.4 cm³/mol. The maximum absolute atomic E-state index is 11.0. The number of thiophene rings is 1. The molecule has 4 heteroatoms. The highest BCUT2D eigenvalue weighted by molar-refractivity contribution is 7.07. The van der Waals surface area contributed by atoms with Crippen molar-refractivity contribution in [3.8, 4) is 0 Å². The lowest BCUT2D eigenvalue weighted by Gasteiger charge is -2.35. The monoisotopic (exact) mass is 253 g/mol. The molecule has 17 heavy (non-hydrogen) atoms. The Balaban J connectivity index is 1.90. The molecule has 0 aliphatic carbocycles. The first kappa shape index (κ1) is 12.6. The molecule has 0 saturated carbocycles. The second-order valence-electron chi connectivity index (χ2n) is 4.86. The first-order valence-corrected chi connectivity index (χ1v) is 7.09. The topological polar surface area (TPSA) is 40.5 Å². The van der Waals surface area contributed by atoms with Crippen LogP contribution in [-0.2, 0) is 11.2 Å². The van der Waals surface area contributed by atoms with Gasteiger partial charge in [0.2, 0.25) is 0 Å². The number of rotatable bonds is 4. The van der Waals surface area contributed by atoms with Crippen LogP contribution < -0.4 is 0 Å². The molecule has 1 N–H and O–H groups in total. The van der Waals surface area contributed by atoms with Crippen molar-refractivity contribution in [2.45, 2.75) is 32.2 Å². The van der Waals surface area contributed by atoms with Crippen LogP contribution >= 0.6 is 11.3 Å². The van der Waals surface area contributed by atoms with Gasteiger partial charge in [0.05, 0.1) is 5.92 Å². The SMILES string of the molecule is CC(Cc1ccsc1)N1CCCC(C(=O)O)C1. The summed E-state index contributed by atoms with van der Waals surface area (Å²) in [5, 5.41) is 13.3. The summed E-state index contributed by atoms with van der Waals surface area (Å²) in [6, 6.07) is 2.59. The van der Waals surface area contributed by atoms with E-state index in [2.05, 4.69) is 28.7 Å². The molecule has 2 rings (SSSR count). The molecule has 2 unspecified atom stereocenters. The van der Waals surface area contributed by atoms with Crippen molar-refractivity contribution in [3.05, 3.63) is 22.4 Å². The van der Waals surface area contributed by atoms with E-state index < -0.39 is 5.97 Å². The van der Waals surface area contributed by atoms with E-state index in [0.29, 0.717) is 12.6 Å². The Labute approximate surface area is 106 Å². The number of aliphatic carboxylic acids is 1. The van der Waals surface area contributed by atoms with Crippen LogP contribution in [-0.4, -0.2) is 35.1 Å². The molecule has 1 saturated heterocycles. The number of carboxylic acids is 1. The van der Waals surface area contributed by atoms with Crippen molar-refractivity contribution >= 4 is 17.3 Å². The summed E-state index contributed by atoms with van der Waals surface area (Å²) < 4.78 is 0. The van der Waals surface area contributed by atoms with Gasteiger partial charge in [-0.05, 0) is 55.1 Å². The van der Waals surface area contributed by atoms with Gasteiger partial charge in [0, 0.05) is 12.6 Å². The lowest BCUT2D eigenvalue weighted by Crippen LogP contribution is -2.44. The van der Waals surface area contributed by atoms with Gasteiger partial charge in [-0.25, -0.2) is 0 Å². The average molecular weight is 253 g/mol. The second-order valence-corrected chi connectivity index (χ2v) is 5.64. The molecule has 2 atom stereocenters. The number of carbonyl (C=O) groups is 1. The zero-order valence-electron chi connectivity index (χ0n) is 10.1. The zero-order chi connectivity index (χ0) is 12.3. The second kappa shape index (κ2) is 5.65. The smallest absolute Gasteiger partial charge is 0.307 e. The highest BCUT2D eigenvalue weighted by Crippen LogP contribution is 2.20. The number of nitrogens with zero attached hydrogens (tertiary/aromatic N) is 1. The van der Waals surface area contributed by atoms with E-state index in [1.807, 2.05) is 0 Å². The highest BCUT2D eigenvalue weighted by atomic mass is 32.1. The molecule has 2 heterocycles. The molecule has 0 radical (unpaired) electrons. The Hall–Kier alpha value is -0.870. The van der Waals surface area contributed by atoms with Crippen LogP contribution in [0.1, 0.15) is 25.3 Å². The Kier molecular flexibility index (Phi) is 4.18. The van der Waals surface area contributed by atoms with E-state index in [-0.39, 0.29) is 5.92 Å². The molecule has 94 valence electrons. The molecule has 0 aromatic carbocycles. The maximum Gasteiger partial charge on any atom is 0.307 e. The van der Waals surface area contributed by atoms with E-state index in [1.165, 1.54) is 5.56 Å². The molecule has 0 amide bonds. The number of piperidine rings is 1. The van der Waals surface area contributed by atoms with Crippen LogP contribution in [0.2, 0.25) is 0 Å². The Morgan fingerprint density at radius 1 is 1.71 bits per heavy atom. The normalized spacial score (nSPS) is 23.5. The molecule has 1 fully saturated rings. The van der Waals surface area contributed by atoms with E-state index >= 15 is 0 Å². The molecular formula is C13H19NO2S. The summed E-state index contributed by atoms with van der Waals surface area (Å²) in [5.41, 5.74) is 1.36. The van der Waals surface area contributed by atoms with Gasteiger partial charge in [0.1, 0.15) is 0 Å². The number of carboxylic acid groups (broad SMARTS) is 1. The number of hydrogen-bond donors (Lipinski definition) is 1. The summed E-state index contributed by atoms with van der Waals surface area (Å²) in [7, 11) is 0. The first-order valence-electron chi connectivity index (χ1n) is 6.14. The Bertz CT molecular complexity index is 364. The summed E-state index contributed by atoms with van der Waals surface area (Å²) in [6.07, 6.45) is 2.86. The van der Waals surface area contributed by atoms with Crippen molar-refractivity contribution in [2.75, 3.05) is 13.1 Å². The number of hydrogen-bond acceptors (Lipinski definition) is 3. The van der Waals surface area contributed by atoms with E-state index in [9.17, 15) is 4.79 Å². The molecule has 1 aliphatic rings.